The van der Waals surface area contributed by atoms with E-state index in [4.69, 9.17) is 4.74 Å². The molecule has 4 radical (unpaired) electrons. The molecule has 0 saturated carbocycles. The van der Waals surface area contributed by atoms with E-state index in [2.05, 4.69) is 10.3 Å². The maximum Gasteiger partial charge on any atom is 0.410 e. The minimum absolute atomic E-state index is 0. The molecule has 1 aliphatic rings. The number of nitrogens with one attached hydrogen (secondary N) is 1. The number of carbonyl (C=O) groups is 2. The van der Waals surface area contributed by atoms with Crippen LogP contribution in [0.1, 0.15) is 33.6 Å². The largest absolute Gasteiger partial charge is 0.444 e. The summed E-state index contributed by atoms with van der Waals surface area (Å²) in [5.74, 6) is -1.13. The second-order valence-corrected chi connectivity index (χ2v) is 8.80. The molecule has 1 fully saturated rings. The van der Waals surface area contributed by atoms with E-state index in [-0.39, 0.29) is 160 Å². The second kappa shape index (κ2) is 17.8. The Kier molecular flexibility index (Phi) is 19.4. The molecule has 3 amide bonds. The van der Waals surface area contributed by atoms with E-state index in [0.29, 0.717) is 31.6 Å². The van der Waals surface area contributed by atoms with Crippen molar-refractivity contribution in [1.29, 1.82) is 0 Å². The molecule has 13 heteroatoms. The Morgan fingerprint density at radius 3 is 2.19 bits per heavy atom. The summed E-state index contributed by atoms with van der Waals surface area (Å²) in [5.41, 5.74) is 0.211. The van der Waals surface area contributed by atoms with Gasteiger partial charge in [0.2, 0.25) is 0 Å². The molecule has 1 N–H and O–H groups in total. The summed E-state index contributed by atoms with van der Waals surface area (Å²) in [6.45, 7) is 6.49. The molecule has 2 aromatic rings. The zero-order chi connectivity index (χ0) is 23.5. The number of nitrogens with zero attached hydrogens (tertiary/aromatic N) is 3. The van der Waals surface area contributed by atoms with Crippen LogP contribution in [-0.4, -0.2) is 58.7 Å². The van der Waals surface area contributed by atoms with Gasteiger partial charge >= 0.3 is 12.1 Å². The first-order valence-corrected chi connectivity index (χ1v) is 10.5. The molecule has 2 heterocycles. The third-order valence-corrected chi connectivity index (χ3v) is 5.20. The van der Waals surface area contributed by atoms with Gasteiger partial charge in [-0.15, -0.1) is 0 Å². The van der Waals surface area contributed by atoms with Gasteiger partial charge in [-0.05, 0) is 63.9 Å². The molecule has 1 aromatic heterocycles. The van der Waals surface area contributed by atoms with Crippen LogP contribution < -0.4 is 5.32 Å². The zero-order valence-electron chi connectivity index (χ0n) is 21.0. The van der Waals surface area contributed by atoms with Gasteiger partial charge in [-0.25, -0.2) is 18.4 Å². The van der Waals surface area contributed by atoms with Gasteiger partial charge in [0, 0.05) is 163 Å². The summed E-state index contributed by atoms with van der Waals surface area (Å²) < 4.78 is 32.7. The van der Waals surface area contributed by atoms with Crippen LogP contribution in [0.3, 0.4) is 0 Å². The number of halogens is 2. The first kappa shape index (κ1) is 39.3. The van der Waals surface area contributed by atoms with E-state index >= 15 is 0 Å². The standard InChI is InChI=1S/C23H28F2N4O3.4Y/c1-23(2,3)32-22(31)29-11-9-17(10-12-29)28(4)21(30)27-16-6-8-20(26-14-16)18-13-15(24)5-7-19(18)25;;;;/h5-8,13-14,17H,9-12H2,1-4H3,(H,27,30);;;;. The van der Waals surface area contributed by atoms with E-state index in [1.807, 2.05) is 20.8 Å². The fourth-order valence-corrected chi connectivity index (χ4v) is 3.46. The molecule has 3 rings (SSSR count). The number of amides is 3. The number of hydrogen-bond acceptors (Lipinski definition) is 4. The normalized spacial score (nSPS) is 13.1. The Hall–Kier alpha value is 1.19. The van der Waals surface area contributed by atoms with E-state index < -0.39 is 17.2 Å². The fraction of sp³-hybridized carbons (Fsp3) is 0.435. The summed E-state index contributed by atoms with van der Waals surface area (Å²) in [4.78, 5) is 32.2. The molecule has 184 valence electrons. The third-order valence-electron chi connectivity index (χ3n) is 5.20. The first-order valence-electron chi connectivity index (χ1n) is 10.5. The Morgan fingerprint density at radius 1 is 1.06 bits per heavy atom. The third kappa shape index (κ3) is 11.7. The van der Waals surface area contributed by atoms with Gasteiger partial charge in [0.15, 0.2) is 0 Å². The number of aromatic nitrogens is 1. The van der Waals surface area contributed by atoms with Crippen molar-refractivity contribution >= 4 is 17.8 Å². The van der Waals surface area contributed by atoms with Crippen LogP contribution in [0.25, 0.3) is 11.3 Å². The van der Waals surface area contributed by atoms with Crippen molar-refractivity contribution in [3.05, 3.63) is 48.2 Å². The monoisotopic (exact) mass is 802 g/mol. The average Bonchev–Trinajstić information content (AvgIpc) is 2.74. The maximum absolute atomic E-state index is 13.9. The number of urea groups is 1. The summed E-state index contributed by atoms with van der Waals surface area (Å²) in [5, 5.41) is 2.76. The van der Waals surface area contributed by atoms with Gasteiger partial charge in [0.05, 0.1) is 17.6 Å². The average molecular weight is 802 g/mol. The summed E-state index contributed by atoms with van der Waals surface area (Å²) in [6, 6.07) is 5.94. The minimum Gasteiger partial charge on any atom is -0.444 e. The van der Waals surface area contributed by atoms with Crippen molar-refractivity contribution in [2.45, 2.75) is 45.3 Å². The van der Waals surface area contributed by atoms with E-state index in [1.165, 1.54) is 12.3 Å². The van der Waals surface area contributed by atoms with Crippen LogP contribution in [0.4, 0.5) is 24.1 Å². The van der Waals surface area contributed by atoms with Crippen molar-refractivity contribution < 1.29 is 154 Å². The molecule has 0 unspecified atom stereocenters. The number of ether oxygens (including phenoxy) is 1. The molecule has 0 aliphatic carbocycles. The Balaban J connectivity index is 0. The van der Waals surface area contributed by atoms with Gasteiger partial charge in [-0.2, -0.15) is 0 Å². The number of piperidine rings is 1. The van der Waals surface area contributed by atoms with Crippen molar-refractivity contribution in [3.63, 3.8) is 0 Å². The maximum atomic E-state index is 13.9. The van der Waals surface area contributed by atoms with Gasteiger partial charge in [-0.3, -0.25) is 4.98 Å². The molecule has 1 saturated heterocycles. The van der Waals surface area contributed by atoms with Crippen LogP contribution in [0.5, 0.6) is 0 Å². The van der Waals surface area contributed by atoms with Crippen LogP contribution in [0, 0.1) is 11.6 Å². The number of anilines is 1. The molecular weight excluding hydrogens is 774 g/mol. The predicted octanol–water partition coefficient (Wildman–Crippen LogP) is 4.88. The van der Waals surface area contributed by atoms with E-state index in [0.717, 1.165) is 18.2 Å². The van der Waals surface area contributed by atoms with Crippen molar-refractivity contribution in [2.75, 3.05) is 25.5 Å². The molecule has 0 atom stereocenters. The van der Waals surface area contributed by atoms with Gasteiger partial charge < -0.3 is 19.9 Å². The summed E-state index contributed by atoms with van der Waals surface area (Å²) >= 11 is 0. The van der Waals surface area contributed by atoms with Crippen LogP contribution in [0.15, 0.2) is 36.5 Å². The van der Waals surface area contributed by atoms with Crippen LogP contribution >= 0.6 is 0 Å². The Morgan fingerprint density at radius 2 is 1.67 bits per heavy atom. The molecular formula is C23H28F2N4O3Y4. The summed E-state index contributed by atoms with van der Waals surface area (Å²) in [7, 11) is 1.70. The van der Waals surface area contributed by atoms with E-state index in [1.54, 1.807) is 22.9 Å². The van der Waals surface area contributed by atoms with Crippen molar-refractivity contribution in [2.24, 2.45) is 0 Å². The number of hydrogen-bond donors (Lipinski definition) is 1. The molecule has 1 aromatic carbocycles. The van der Waals surface area contributed by atoms with Crippen molar-refractivity contribution in [1.82, 2.24) is 14.8 Å². The van der Waals surface area contributed by atoms with Gasteiger partial charge in [0.25, 0.3) is 0 Å². The predicted molar refractivity (Wildman–Crippen MR) is 117 cm³/mol. The molecule has 7 nitrogen and oxygen atoms in total. The molecule has 36 heavy (non-hydrogen) atoms. The van der Waals surface area contributed by atoms with Gasteiger partial charge in [-0.1, -0.05) is 0 Å². The van der Waals surface area contributed by atoms with Crippen LogP contribution in [0.2, 0.25) is 0 Å². The Bertz CT molecular complexity index is 986. The minimum atomic E-state index is -0.576. The van der Waals surface area contributed by atoms with Gasteiger partial charge in [0.1, 0.15) is 17.2 Å². The number of carbonyl (C=O) groups excluding carboxylic acids is 2. The Labute approximate surface area is 311 Å². The SMILES string of the molecule is CN(C(=O)Nc1ccc(-c2cc(F)ccc2F)nc1)C1CCN(C(=O)OC(C)(C)C)CC1.[Y].[Y].[Y].[Y]. The smallest absolute Gasteiger partial charge is 0.410 e. The summed E-state index contributed by atoms with van der Waals surface area (Å²) in [6.07, 6.45) is 2.33. The molecule has 0 bridgehead atoms. The number of pyridine rings is 1. The first-order chi connectivity index (χ1) is 15.0. The van der Waals surface area contributed by atoms with E-state index in [9.17, 15) is 18.4 Å². The second-order valence-electron chi connectivity index (χ2n) is 8.80. The fourth-order valence-electron chi connectivity index (χ4n) is 3.46. The zero-order valence-corrected chi connectivity index (χ0v) is 32.4. The molecule has 1 aliphatic heterocycles. The quantitative estimate of drug-likeness (QED) is 0.481. The van der Waals surface area contributed by atoms with Crippen molar-refractivity contribution in [3.8, 4) is 11.3 Å². The number of benzene rings is 1. The topological polar surface area (TPSA) is 74.8 Å². The van der Waals surface area contributed by atoms with Crippen LogP contribution in [-0.2, 0) is 136 Å². The molecule has 0 spiro atoms. The number of rotatable bonds is 3. The number of likely N-dealkylation sites (tertiary alicyclic amines) is 1.